The molecular weight excluding hydrogens is 546 g/mol. The Labute approximate surface area is 218 Å². The third-order valence-electron chi connectivity index (χ3n) is 5.32. The average Bonchev–Trinajstić information content (AvgIpc) is 3.52. The maximum absolute atomic E-state index is 12.8. The van der Waals surface area contributed by atoms with Gasteiger partial charge in [0.15, 0.2) is 21.8 Å². The molecule has 3 aromatic rings. The van der Waals surface area contributed by atoms with E-state index in [4.69, 9.17) is 11.5 Å². The summed E-state index contributed by atoms with van der Waals surface area (Å²) in [6, 6.07) is -2.64. The number of nitrogens with two attached hydrogens (primary N) is 2. The van der Waals surface area contributed by atoms with Gasteiger partial charge in [-0.05, 0) is 22.2 Å². The van der Waals surface area contributed by atoms with Gasteiger partial charge in [-0.15, -0.1) is 16.7 Å². The van der Waals surface area contributed by atoms with E-state index < -0.39 is 35.2 Å². The molecule has 5 heterocycles. The second-order valence-electron chi connectivity index (χ2n) is 7.52. The molecule has 19 heteroatoms. The number of carbonyl (C=O) groups excluding carboxylic acids is 2. The molecule has 0 bridgehead atoms. The number of fused-ring (bicyclic) bond motifs is 2. The molecule has 0 aromatic carbocycles. The number of nitrogen functional groups attached to an aromatic ring is 2. The summed E-state index contributed by atoms with van der Waals surface area (Å²) >= 11 is 3.15. The van der Waals surface area contributed by atoms with Gasteiger partial charge in [0.25, 0.3) is 11.8 Å². The Bertz CT molecular complexity index is 1500. The molecule has 1 saturated heterocycles. The van der Waals surface area contributed by atoms with Crippen LogP contribution in [-0.4, -0.2) is 74.5 Å². The van der Waals surface area contributed by atoms with Crippen LogP contribution in [0.1, 0.15) is 11.9 Å². The average molecular weight is 562 g/mol. The molecule has 0 spiro atoms. The number of nitroso groups, excluding NO2 is 1. The first-order valence-corrected chi connectivity index (χ1v) is 12.9. The van der Waals surface area contributed by atoms with Gasteiger partial charge in [0.2, 0.25) is 6.04 Å². The monoisotopic (exact) mass is 561 g/mol. The van der Waals surface area contributed by atoms with Gasteiger partial charge in [0.1, 0.15) is 22.9 Å². The highest BCUT2D eigenvalue weighted by Crippen LogP contribution is 2.41. The number of nitrogens with zero attached hydrogens (tertiary/aromatic N) is 7. The maximum Gasteiger partial charge on any atom is 0.352 e. The van der Waals surface area contributed by atoms with Crippen LogP contribution in [-0.2, 0) is 14.4 Å². The van der Waals surface area contributed by atoms with E-state index in [-0.39, 0.29) is 28.2 Å². The summed E-state index contributed by atoms with van der Waals surface area (Å²) in [4.78, 5) is 62.0. The molecule has 2 amide bonds. The second kappa shape index (κ2) is 9.75. The molecule has 37 heavy (non-hydrogen) atoms. The smallest absolute Gasteiger partial charge is 0.352 e. The van der Waals surface area contributed by atoms with Crippen LogP contribution >= 0.6 is 35.1 Å². The summed E-state index contributed by atoms with van der Waals surface area (Å²) in [6.07, 6.45) is 3.06. The van der Waals surface area contributed by atoms with E-state index in [0.29, 0.717) is 21.8 Å². The van der Waals surface area contributed by atoms with Crippen LogP contribution in [0, 0.1) is 4.91 Å². The molecule has 3 aromatic heterocycles. The first-order chi connectivity index (χ1) is 17.8. The third-order valence-corrected chi connectivity index (χ3v) is 7.84. The fourth-order valence-corrected chi connectivity index (χ4v) is 6.07. The van der Waals surface area contributed by atoms with E-state index >= 15 is 0 Å². The second-order valence-corrected chi connectivity index (χ2v) is 10.3. The molecule has 2 aliphatic rings. The number of allylic oxidation sites excluding steroid dienone is 1. The van der Waals surface area contributed by atoms with Gasteiger partial charge >= 0.3 is 5.97 Å². The molecule has 16 nitrogen and oxygen atoms in total. The lowest BCUT2D eigenvalue weighted by Crippen LogP contribution is -2.70. The number of β-lactam (4-membered cyclic amide) rings is 1. The normalized spacial score (nSPS) is 20.1. The van der Waals surface area contributed by atoms with Gasteiger partial charge < -0.3 is 21.9 Å². The van der Waals surface area contributed by atoms with Crippen molar-refractivity contribution in [1.82, 2.24) is 39.7 Å². The minimum absolute atomic E-state index is 0.0528. The number of anilines is 2. The van der Waals surface area contributed by atoms with Crippen molar-refractivity contribution >= 4 is 74.8 Å². The fraction of sp³-hybridized carbons (Fsp3) is 0.222. The summed E-state index contributed by atoms with van der Waals surface area (Å²) < 4.78 is 3.81. The molecule has 2 aliphatic heterocycles. The number of aromatic amines is 1. The zero-order valence-electron chi connectivity index (χ0n) is 18.3. The number of carbonyl (C=O) groups is 3. The number of amides is 2. The highest BCUT2D eigenvalue weighted by atomic mass is 32.2. The molecule has 1 unspecified atom stereocenters. The SMILES string of the molecule is Nc1nc(C(N=O)C(=O)N[C@@H]2C(=O)N3C(C(=O)O)=C(C=CSc4nc(N)c5cn[nH]c5n4)CS[C@H]23)ns1. The number of rotatable bonds is 8. The Kier molecular flexibility index (Phi) is 6.48. The Balaban J connectivity index is 1.30. The highest BCUT2D eigenvalue weighted by molar-refractivity contribution is 8.02. The van der Waals surface area contributed by atoms with Crippen LogP contribution < -0.4 is 16.8 Å². The van der Waals surface area contributed by atoms with Crippen molar-refractivity contribution in [2.75, 3.05) is 17.2 Å². The number of H-pyrrole nitrogens is 1. The molecule has 3 atom stereocenters. The summed E-state index contributed by atoms with van der Waals surface area (Å²) in [6.45, 7) is 0. The number of aliphatic carboxylic acids is 1. The van der Waals surface area contributed by atoms with Gasteiger partial charge in [-0.1, -0.05) is 11.8 Å². The fourth-order valence-electron chi connectivity index (χ4n) is 3.64. The van der Waals surface area contributed by atoms with Crippen molar-refractivity contribution in [2.24, 2.45) is 5.18 Å². The Morgan fingerprint density at radius 2 is 2.16 bits per heavy atom. The van der Waals surface area contributed by atoms with Gasteiger partial charge in [-0.2, -0.15) is 9.47 Å². The molecule has 0 saturated carbocycles. The molecular formula is C18H15N11O5S3. The maximum atomic E-state index is 12.8. The summed E-state index contributed by atoms with van der Waals surface area (Å²) in [5, 5.41) is 23.4. The van der Waals surface area contributed by atoms with E-state index in [9.17, 15) is 24.4 Å². The number of nitrogens with one attached hydrogen (secondary N) is 2. The third kappa shape index (κ3) is 4.47. The predicted molar refractivity (Wildman–Crippen MR) is 134 cm³/mol. The number of hydrogen-bond donors (Lipinski definition) is 5. The quantitative estimate of drug-likeness (QED) is 0.107. The molecule has 5 rings (SSSR count). The lowest BCUT2D eigenvalue weighted by atomic mass is 10.0. The van der Waals surface area contributed by atoms with Crippen LogP contribution in [0.4, 0.5) is 10.9 Å². The van der Waals surface area contributed by atoms with Crippen molar-refractivity contribution in [3.8, 4) is 0 Å². The first-order valence-electron chi connectivity index (χ1n) is 10.2. The minimum Gasteiger partial charge on any atom is -0.477 e. The van der Waals surface area contributed by atoms with E-state index in [0.717, 1.165) is 28.2 Å². The van der Waals surface area contributed by atoms with Gasteiger partial charge in [0, 0.05) is 17.3 Å². The predicted octanol–water partition coefficient (Wildman–Crippen LogP) is 0.221. The standard InChI is InChI=1S/C18H15N11O5S3/c19-10-6-3-21-26-11(6)25-18(23-10)35-2-1-5-4-36-15-8(14(31)29(15)9(5)16(32)33)22-13(30)7(27-34)12-24-17(20)37-28-12/h1-3,7-8,15H,4H2,(H,22,30)(H,32,33)(H2,20,24,28)(H3,19,21,23,25,26)/t7?,8-,15-/m1/s1. The number of carboxylic acid groups (broad SMARTS) is 1. The minimum atomic E-state index is -1.59. The zero-order chi connectivity index (χ0) is 26.3. The van der Waals surface area contributed by atoms with E-state index in [1.807, 2.05) is 0 Å². The van der Waals surface area contributed by atoms with Crippen molar-refractivity contribution in [3.63, 3.8) is 0 Å². The largest absolute Gasteiger partial charge is 0.477 e. The van der Waals surface area contributed by atoms with E-state index in [2.05, 4.69) is 40.0 Å². The highest BCUT2D eigenvalue weighted by Gasteiger charge is 2.54. The Morgan fingerprint density at radius 1 is 1.35 bits per heavy atom. The number of aromatic nitrogens is 6. The zero-order valence-corrected chi connectivity index (χ0v) is 20.7. The van der Waals surface area contributed by atoms with Crippen LogP contribution in [0.2, 0.25) is 0 Å². The molecule has 7 N–H and O–H groups in total. The van der Waals surface area contributed by atoms with E-state index in [1.54, 1.807) is 11.5 Å². The molecule has 190 valence electrons. The Morgan fingerprint density at radius 3 is 2.86 bits per heavy atom. The van der Waals surface area contributed by atoms with Crippen molar-refractivity contribution in [2.45, 2.75) is 22.6 Å². The molecule has 0 aliphatic carbocycles. The summed E-state index contributed by atoms with van der Waals surface area (Å²) in [7, 11) is 0. The van der Waals surface area contributed by atoms with Gasteiger partial charge in [-0.25, -0.2) is 19.7 Å². The van der Waals surface area contributed by atoms with Crippen LogP contribution in [0.15, 0.2) is 39.3 Å². The topological polar surface area (TPSA) is 248 Å². The van der Waals surface area contributed by atoms with Crippen LogP contribution in [0.25, 0.3) is 11.0 Å². The number of thioether (sulfide) groups is 2. The van der Waals surface area contributed by atoms with Gasteiger partial charge in [0.05, 0.1) is 11.6 Å². The molecule has 1 fully saturated rings. The van der Waals surface area contributed by atoms with Crippen molar-refractivity contribution in [1.29, 1.82) is 0 Å². The summed E-state index contributed by atoms with van der Waals surface area (Å²) in [5.74, 6) is -2.52. The summed E-state index contributed by atoms with van der Waals surface area (Å²) in [5.41, 5.74) is 12.0. The molecule has 0 radical (unpaired) electrons. The number of hydrogen-bond acceptors (Lipinski definition) is 15. The number of carboxylic acids is 1. The van der Waals surface area contributed by atoms with E-state index in [1.165, 1.54) is 18.0 Å². The van der Waals surface area contributed by atoms with Crippen LogP contribution in [0.5, 0.6) is 0 Å². The Hall–Kier alpha value is -4.10. The lowest BCUT2D eigenvalue weighted by Gasteiger charge is -2.49. The van der Waals surface area contributed by atoms with Gasteiger partial charge in [-0.3, -0.25) is 19.6 Å². The first kappa shape index (κ1) is 24.6. The van der Waals surface area contributed by atoms with Crippen molar-refractivity contribution < 1.29 is 19.5 Å². The lowest BCUT2D eigenvalue weighted by molar-refractivity contribution is -0.150. The van der Waals surface area contributed by atoms with Crippen LogP contribution in [0.3, 0.4) is 0 Å². The van der Waals surface area contributed by atoms with Crippen molar-refractivity contribution in [3.05, 3.63) is 39.7 Å².